The molecule has 3 rings (SSSR count). The fourth-order valence-electron chi connectivity index (χ4n) is 6.00. The number of rotatable bonds is 9. The molecular formula is C28H48N2O. The first-order valence-electron chi connectivity index (χ1n) is 12.8. The van der Waals surface area contributed by atoms with Crippen molar-refractivity contribution >= 4 is 0 Å². The van der Waals surface area contributed by atoms with Crippen LogP contribution in [0.4, 0.5) is 0 Å². The maximum Gasteiger partial charge on any atom is 0.0707 e. The van der Waals surface area contributed by atoms with Gasteiger partial charge in [0.1, 0.15) is 0 Å². The molecule has 0 radical (unpaired) electrons. The summed E-state index contributed by atoms with van der Waals surface area (Å²) in [7, 11) is 0. The quantitative estimate of drug-likeness (QED) is 0.481. The van der Waals surface area contributed by atoms with Crippen molar-refractivity contribution in [1.29, 1.82) is 0 Å². The number of benzene rings is 1. The van der Waals surface area contributed by atoms with E-state index in [1.165, 1.54) is 50.8 Å². The summed E-state index contributed by atoms with van der Waals surface area (Å²) in [5, 5.41) is 0. The topological polar surface area (TPSA) is 15.7 Å². The Morgan fingerprint density at radius 1 is 1.06 bits per heavy atom. The van der Waals surface area contributed by atoms with Crippen LogP contribution in [0.5, 0.6) is 0 Å². The summed E-state index contributed by atoms with van der Waals surface area (Å²) in [6.07, 6.45) is 6.82. The number of hydrogen-bond acceptors (Lipinski definition) is 3. The Labute approximate surface area is 192 Å². The molecule has 0 saturated carbocycles. The van der Waals surface area contributed by atoms with Gasteiger partial charge in [-0.2, -0.15) is 0 Å². The highest BCUT2D eigenvalue weighted by atomic mass is 16.5. The SMILES string of the molecule is CCCC(C)N1CCOC(CC(C)(C)C2CCCN(CC(C)(C)c3ccccc3)C2)C1. The van der Waals surface area contributed by atoms with E-state index in [0.29, 0.717) is 17.6 Å². The minimum Gasteiger partial charge on any atom is -0.376 e. The van der Waals surface area contributed by atoms with Gasteiger partial charge in [-0.15, -0.1) is 0 Å². The predicted molar refractivity (Wildman–Crippen MR) is 133 cm³/mol. The number of piperidine rings is 1. The summed E-state index contributed by atoms with van der Waals surface area (Å²) in [6, 6.07) is 11.7. The Morgan fingerprint density at radius 3 is 2.52 bits per heavy atom. The second-order valence-corrected chi connectivity index (χ2v) is 11.6. The van der Waals surface area contributed by atoms with E-state index in [-0.39, 0.29) is 5.41 Å². The standard InChI is InChI=1S/C28H48N2O/c1-7-12-23(2)30-17-18-31-26(21-30)19-27(3,4)25-15-11-16-29(20-25)22-28(5,6)24-13-9-8-10-14-24/h8-10,13-14,23,25-26H,7,11-12,15-22H2,1-6H3. The summed E-state index contributed by atoms with van der Waals surface area (Å²) < 4.78 is 6.27. The van der Waals surface area contributed by atoms with Crippen molar-refractivity contribution in [3.8, 4) is 0 Å². The van der Waals surface area contributed by atoms with E-state index in [2.05, 4.69) is 81.7 Å². The third-order valence-corrected chi connectivity index (χ3v) is 8.04. The third-order valence-electron chi connectivity index (χ3n) is 8.04. The molecule has 0 aliphatic carbocycles. The van der Waals surface area contributed by atoms with Crippen LogP contribution in [0.15, 0.2) is 30.3 Å². The molecule has 3 unspecified atom stereocenters. The van der Waals surface area contributed by atoms with Crippen molar-refractivity contribution in [1.82, 2.24) is 9.80 Å². The number of likely N-dealkylation sites (tertiary alicyclic amines) is 1. The molecule has 0 N–H and O–H groups in total. The summed E-state index contributed by atoms with van der Waals surface area (Å²) in [5.74, 6) is 0.750. The van der Waals surface area contributed by atoms with Gasteiger partial charge in [-0.05, 0) is 56.0 Å². The molecule has 1 aromatic carbocycles. The van der Waals surface area contributed by atoms with Crippen LogP contribution in [-0.2, 0) is 10.2 Å². The van der Waals surface area contributed by atoms with Gasteiger partial charge in [0.15, 0.2) is 0 Å². The smallest absolute Gasteiger partial charge is 0.0707 e. The van der Waals surface area contributed by atoms with E-state index in [1.807, 2.05) is 0 Å². The van der Waals surface area contributed by atoms with E-state index in [1.54, 1.807) is 0 Å². The molecule has 3 nitrogen and oxygen atoms in total. The second-order valence-electron chi connectivity index (χ2n) is 11.6. The normalized spacial score (nSPS) is 25.5. The van der Waals surface area contributed by atoms with E-state index in [4.69, 9.17) is 4.74 Å². The van der Waals surface area contributed by atoms with E-state index >= 15 is 0 Å². The Bertz CT molecular complexity index is 656. The maximum absolute atomic E-state index is 6.27. The van der Waals surface area contributed by atoms with Gasteiger partial charge in [0.05, 0.1) is 12.7 Å². The highest BCUT2D eigenvalue weighted by Gasteiger charge is 2.38. The number of hydrogen-bond donors (Lipinski definition) is 0. The predicted octanol–water partition coefficient (Wildman–Crippen LogP) is 5.98. The van der Waals surface area contributed by atoms with Gasteiger partial charge in [0, 0.05) is 37.6 Å². The van der Waals surface area contributed by atoms with Gasteiger partial charge in [-0.1, -0.05) is 71.4 Å². The number of ether oxygens (including phenoxy) is 1. The summed E-state index contributed by atoms with van der Waals surface area (Å²) in [6.45, 7) is 21.2. The van der Waals surface area contributed by atoms with Crippen LogP contribution in [0.1, 0.15) is 79.2 Å². The summed E-state index contributed by atoms with van der Waals surface area (Å²) in [4.78, 5) is 5.41. The molecule has 1 aromatic rings. The fourth-order valence-corrected chi connectivity index (χ4v) is 6.00. The largest absolute Gasteiger partial charge is 0.376 e. The Morgan fingerprint density at radius 2 is 1.81 bits per heavy atom. The molecule has 0 amide bonds. The first-order valence-corrected chi connectivity index (χ1v) is 12.8. The average Bonchev–Trinajstić information content (AvgIpc) is 2.74. The highest BCUT2D eigenvalue weighted by Crippen LogP contribution is 2.39. The molecule has 3 atom stereocenters. The molecule has 2 aliphatic heterocycles. The second kappa shape index (κ2) is 10.8. The van der Waals surface area contributed by atoms with Gasteiger partial charge in [0.2, 0.25) is 0 Å². The fraction of sp³-hybridized carbons (Fsp3) is 0.786. The molecule has 2 saturated heterocycles. The third kappa shape index (κ3) is 6.79. The van der Waals surface area contributed by atoms with E-state index in [9.17, 15) is 0 Å². The minimum absolute atomic E-state index is 0.190. The zero-order chi connectivity index (χ0) is 22.5. The molecule has 0 spiro atoms. The molecule has 176 valence electrons. The van der Waals surface area contributed by atoms with Crippen LogP contribution in [-0.4, -0.2) is 61.3 Å². The lowest BCUT2D eigenvalue weighted by Crippen LogP contribution is -2.50. The summed E-state index contributed by atoms with van der Waals surface area (Å²) >= 11 is 0. The molecule has 2 aliphatic rings. The highest BCUT2D eigenvalue weighted by molar-refractivity contribution is 5.24. The molecule has 31 heavy (non-hydrogen) atoms. The lowest BCUT2D eigenvalue weighted by Gasteiger charge is -2.46. The van der Waals surface area contributed by atoms with Crippen LogP contribution in [0.25, 0.3) is 0 Å². The van der Waals surface area contributed by atoms with Crippen molar-refractivity contribution in [2.75, 3.05) is 39.3 Å². The first kappa shape index (κ1) is 24.7. The van der Waals surface area contributed by atoms with E-state index in [0.717, 1.165) is 32.2 Å². The van der Waals surface area contributed by atoms with Gasteiger partial charge >= 0.3 is 0 Å². The van der Waals surface area contributed by atoms with Crippen molar-refractivity contribution < 1.29 is 4.74 Å². The lowest BCUT2D eigenvalue weighted by molar-refractivity contribution is -0.0699. The van der Waals surface area contributed by atoms with Gasteiger partial charge in [-0.25, -0.2) is 0 Å². The Hall–Kier alpha value is -0.900. The van der Waals surface area contributed by atoms with Gasteiger partial charge in [-0.3, -0.25) is 4.90 Å². The maximum atomic E-state index is 6.27. The molecule has 2 heterocycles. The molecule has 0 aromatic heterocycles. The van der Waals surface area contributed by atoms with E-state index < -0.39 is 0 Å². The number of nitrogens with zero attached hydrogens (tertiary/aromatic N) is 2. The molecule has 0 bridgehead atoms. The van der Waals surface area contributed by atoms with Crippen LogP contribution < -0.4 is 0 Å². The van der Waals surface area contributed by atoms with Gasteiger partial charge < -0.3 is 9.64 Å². The van der Waals surface area contributed by atoms with Crippen molar-refractivity contribution in [3.05, 3.63) is 35.9 Å². The van der Waals surface area contributed by atoms with Gasteiger partial charge in [0.25, 0.3) is 0 Å². The van der Waals surface area contributed by atoms with Crippen molar-refractivity contribution in [3.63, 3.8) is 0 Å². The summed E-state index contributed by atoms with van der Waals surface area (Å²) in [5.41, 5.74) is 1.96. The van der Waals surface area contributed by atoms with Crippen LogP contribution in [0, 0.1) is 11.3 Å². The zero-order valence-corrected chi connectivity index (χ0v) is 21.2. The molecule has 3 heteroatoms. The first-order chi connectivity index (χ1) is 14.7. The Kier molecular flexibility index (Phi) is 8.63. The zero-order valence-electron chi connectivity index (χ0n) is 21.2. The van der Waals surface area contributed by atoms with Crippen LogP contribution >= 0.6 is 0 Å². The Balaban J connectivity index is 1.57. The van der Waals surface area contributed by atoms with Crippen LogP contribution in [0.3, 0.4) is 0 Å². The monoisotopic (exact) mass is 428 g/mol. The minimum atomic E-state index is 0.190. The van der Waals surface area contributed by atoms with Crippen molar-refractivity contribution in [2.24, 2.45) is 11.3 Å². The average molecular weight is 429 g/mol. The number of morpholine rings is 1. The van der Waals surface area contributed by atoms with Crippen LogP contribution in [0.2, 0.25) is 0 Å². The molecular weight excluding hydrogens is 380 g/mol. The van der Waals surface area contributed by atoms with Crippen molar-refractivity contribution in [2.45, 2.75) is 91.2 Å². The molecule has 2 fully saturated rings. The lowest BCUT2D eigenvalue weighted by atomic mass is 9.70.